The van der Waals surface area contributed by atoms with Gasteiger partial charge in [-0.1, -0.05) is 12.1 Å². The molecule has 104 valence electrons. The van der Waals surface area contributed by atoms with E-state index in [9.17, 15) is 9.90 Å². The Morgan fingerprint density at radius 1 is 1.25 bits per heavy atom. The van der Waals surface area contributed by atoms with E-state index in [2.05, 4.69) is 10.2 Å². The average Bonchev–Trinajstić information content (AvgIpc) is 3.00. The molecule has 0 spiro atoms. The van der Waals surface area contributed by atoms with Crippen molar-refractivity contribution in [1.82, 2.24) is 19.9 Å². The molecule has 1 fully saturated rings. The van der Waals surface area contributed by atoms with Gasteiger partial charge in [-0.25, -0.2) is 0 Å². The van der Waals surface area contributed by atoms with E-state index in [1.165, 1.54) is 4.80 Å². The third-order valence-electron chi connectivity index (χ3n) is 3.45. The molecule has 1 N–H and O–H groups in total. The summed E-state index contributed by atoms with van der Waals surface area (Å²) in [6, 6.07) is 7.25. The Hall–Kier alpha value is -2.21. The van der Waals surface area contributed by atoms with Crippen LogP contribution >= 0.6 is 0 Å². The van der Waals surface area contributed by atoms with E-state index >= 15 is 0 Å². The third-order valence-corrected chi connectivity index (χ3v) is 3.45. The van der Waals surface area contributed by atoms with Crippen LogP contribution in [0.15, 0.2) is 36.7 Å². The maximum absolute atomic E-state index is 12.6. The maximum atomic E-state index is 12.6. The van der Waals surface area contributed by atoms with Gasteiger partial charge in [0.1, 0.15) is 0 Å². The number of aromatic nitrogens is 3. The topological polar surface area (TPSA) is 71.2 Å². The second kappa shape index (κ2) is 5.42. The van der Waals surface area contributed by atoms with Gasteiger partial charge in [-0.05, 0) is 25.0 Å². The molecule has 0 aliphatic carbocycles. The van der Waals surface area contributed by atoms with Gasteiger partial charge in [0, 0.05) is 13.1 Å². The zero-order valence-electron chi connectivity index (χ0n) is 11.0. The molecule has 0 bridgehead atoms. The molecule has 6 heteroatoms. The van der Waals surface area contributed by atoms with Gasteiger partial charge in [0.2, 0.25) is 0 Å². The standard InChI is InChI=1S/C14H16N4O2/c19-11-4-3-9-17(10-11)14(20)12-5-1-2-6-13(12)18-15-7-8-16-18/h1-2,5-8,11,19H,3-4,9-10H2/t11-/m1/s1. The highest BCUT2D eigenvalue weighted by atomic mass is 16.3. The molecule has 6 nitrogen and oxygen atoms in total. The summed E-state index contributed by atoms with van der Waals surface area (Å²) in [6.07, 6.45) is 4.31. The summed E-state index contributed by atoms with van der Waals surface area (Å²) in [6.45, 7) is 1.07. The highest BCUT2D eigenvalue weighted by molar-refractivity contribution is 5.97. The van der Waals surface area contributed by atoms with Gasteiger partial charge in [-0.3, -0.25) is 4.79 Å². The van der Waals surface area contributed by atoms with Crippen molar-refractivity contribution in [2.45, 2.75) is 18.9 Å². The summed E-state index contributed by atoms with van der Waals surface area (Å²) >= 11 is 0. The van der Waals surface area contributed by atoms with E-state index in [1.54, 1.807) is 23.4 Å². The number of para-hydroxylation sites is 1. The fourth-order valence-corrected chi connectivity index (χ4v) is 2.48. The molecule has 3 rings (SSSR count). The van der Waals surface area contributed by atoms with Crippen molar-refractivity contribution in [2.24, 2.45) is 0 Å². The van der Waals surface area contributed by atoms with Gasteiger partial charge in [0.25, 0.3) is 5.91 Å². The number of nitrogens with zero attached hydrogens (tertiary/aromatic N) is 4. The van der Waals surface area contributed by atoms with Gasteiger partial charge < -0.3 is 10.0 Å². The summed E-state index contributed by atoms with van der Waals surface area (Å²) in [4.78, 5) is 15.7. The first-order valence-corrected chi connectivity index (χ1v) is 6.69. The molecular formula is C14H16N4O2. The summed E-state index contributed by atoms with van der Waals surface area (Å²) < 4.78 is 0. The van der Waals surface area contributed by atoms with Crippen LogP contribution in [0.3, 0.4) is 0 Å². The lowest BCUT2D eigenvalue weighted by molar-refractivity contribution is 0.0473. The van der Waals surface area contributed by atoms with Crippen molar-refractivity contribution in [1.29, 1.82) is 0 Å². The van der Waals surface area contributed by atoms with Crippen LogP contribution in [0, 0.1) is 0 Å². The molecule has 20 heavy (non-hydrogen) atoms. The van der Waals surface area contributed by atoms with Crippen LogP contribution in [0.1, 0.15) is 23.2 Å². The minimum atomic E-state index is -0.428. The third kappa shape index (κ3) is 2.42. The Bertz CT molecular complexity index is 597. The van der Waals surface area contributed by atoms with E-state index in [0.717, 1.165) is 12.8 Å². The highest BCUT2D eigenvalue weighted by Crippen LogP contribution is 2.18. The van der Waals surface area contributed by atoms with Crippen LogP contribution in [0.25, 0.3) is 5.69 Å². The molecule has 1 aromatic heterocycles. The number of rotatable bonds is 2. The predicted molar refractivity (Wildman–Crippen MR) is 72.5 cm³/mol. The molecule has 1 atom stereocenters. The number of benzene rings is 1. The first-order valence-electron chi connectivity index (χ1n) is 6.69. The quantitative estimate of drug-likeness (QED) is 0.880. The number of hydrogen-bond acceptors (Lipinski definition) is 4. The van der Waals surface area contributed by atoms with E-state index in [1.807, 2.05) is 18.2 Å². The Kier molecular flexibility index (Phi) is 3.47. The summed E-state index contributed by atoms with van der Waals surface area (Å²) in [5.74, 6) is -0.0864. The molecule has 1 amide bonds. The number of hydrogen-bond donors (Lipinski definition) is 1. The molecule has 0 saturated carbocycles. The van der Waals surface area contributed by atoms with Crippen molar-refractivity contribution in [3.05, 3.63) is 42.2 Å². The van der Waals surface area contributed by atoms with Crippen LogP contribution in [0.5, 0.6) is 0 Å². The van der Waals surface area contributed by atoms with E-state index in [4.69, 9.17) is 0 Å². The maximum Gasteiger partial charge on any atom is 0.256 e. The molecule has 1 aliphatic heterocycles. The number of piperidine rings is 1. The number of aliphatic hydroxyl groups excluding tert-OH is 1. The summed E-state index contributed by atoms with van der Waals surface area (Å²) in [5, 5.41) is 17.9. The number of aliphatic hydroxyl groups is 1. The second-order valence-corrected chi connectivity index (χ2v) is 4.88. The van der Waals surface area contributed by atoms with Crippen LogP contribution in [-0.4, -0.2) is 50.1 Å². The number of β-amino-alcohol motifs (C(OH)–C–C–N with tert-alkyl or cyclic N) is 1. The van der Waals surface area contributed by atoms with E-state index in [-0.39, 0.29) is 5.91 Å². The van der Waals surface area contributed by atoms with Crippen LogP contribution < -0.4 is 0 Å². The summed E-state index contributed by atoms with van der Waals surface area (Å²) in [7, 11) is 0. The largest absolute Gasteiger partial charge is 0.391 e. The lowest BCUT2D eigenvalue weighted by Gasteiger charge is -2.30. The van der Waals surface area contributed by atoms with Crippen molar-refractivity contribution < 1.29 is 9.90 Å². The first-order chi connectivity index (χ1) is 9.75. The molecule has 0 radical (unpaired) electrons. The SMILES string of the molecule is O=C(c1ccccc1-n1nccn1)N1CCC[C@@H](O)C1. The van der Waals surface area contributed by atoms with Crippen LogP contribution in [0.4, 0.5) is 0 Å². The predicted octanol–water partition coefficient (Wildman–Crippen LogP) is 0.864. The minimum absolute atomic E-state index is 0.0864. The van der Waals surface area contributed by atoms with Gasteiger partial charge in [-0.2, -0.15) is 15.0 Å². The van der Waals surface area contributed by atoms with E-state index < -0.39 is 6.10 Å². The molecule has 2 aromatic rings. The lowest BCUT2D eigenvalue weighted by atomic mass is 10.1. The number of carbonyl (C=O) groups excluding carboxylic acids is 1. The van der Waals surface area contributed by atoms with Crippen LogP contribution in [0.2, 0.25) is 0 Å². The fourth-order valence-electron chi connectivity index (χ4n) is 2.48. The Morgan fingerprint density at radius 2 is 2.00 bits per heavy atom. The molecule has 1 saturated heterocycles. The molecule has 1 aromatic carbocycles. The van der Waals surface area contributed by atoms with Gasteiger partial charge in [-0.15, -0.1) is 0 Å². The monoisotopic (exact) mass is 272 g/mol. The van der Waals surface area contributed by atoms with Gasteiger partial charge in [0.15, 0.2) is 0 Å². The lowest BCUT2D eigenvalue weighted by Crippen LogP contribution is -2.42. The molecule has 2 heterocycles. The smallest absolute Gasteiger partial charge is 0.256 e. The number of carbonyl (C=O) groups is 1. The van der Waals surface area contributed by atoms with Crippen molar-refractivity contribution in [3.8, 4) is 5.69 Å². The number of likely N-dealkylation sites (tertiary alicyclic amines) is 1. The van der Waals surface area contributed by atoms with E-state index in [0.29, 0.717) is 24.3 Å². The normalized spacial score (nSPS) is 19.1. The van der Waals surface area contributed by atoms with Gasteiger partial charge >= 0.3 is 0 Å². The van der Waals surface area contributed by atoms with Crippen molar-refractivity contribution >= 4 is 5.91 Å². The van der Waals surface area contributed by atoms with Crippen molar-refractivity contribution in [3.63, 3.8) is 0 Å². The molecule has 1 aliphatic rings. The van der Waals surface area contributed by atoms with Crippen LogP contribution in [-0.2, 0) is 0 Å². The molecule has 0 unspecified atom stereocenters. The Labute approximate surface area is 116 Å². The average molecular weight is 272 g/mol. The highest BCUT2D eigenvalue weighted by Gasteiger charge is 2.25. The fraction of sp³-hybridized carbons (Fsp3) is 0.357. The minimum Gasteiger partial charge on any atom is -0.391 e. The van der Waals surface area contributed by atoms with Crippen molar-refractivity contribution in [2.75, 3.05) is 13.1 Å². The second-order valence-electron chi connectivity index (χ2n) is 4.88. The Morgan fingerprint density at radius 3 is 2.75 bits per heavy atom. The zero-order valence-corrected chi connectivity index (χ0v) is 11.0. The zero-order chi connectivity index (χ0) is 13.9. The van der Waals surface area contributed by atoms with Gasteiger partial charge in [0.05, 0.1) is 29.7 Å². The summed E-state index contributed by atoms with van der Waals surface area (Å²) in [5.41, 5.74) is 1.21. The molecular weight excluding hydrogens is 256 g/mol. The Balaban J connectivity index is 1.92. The first kappa shape index (κ1) is 12.8. The number of amides is 1.